The lowest BCUT2D eigenvalue weighted by Crippen LogP contribution is -2.40. The molecule has 2 atom stereocenters. The number of hydrogen-bond donors (Lipinski definition) is 1. The Labute approximate surface area is 126 Å². The van der Waals surface area contributed by atoms with Crippen LogP contribution in [0.25, 0.3) is 0 Å². The van der Waals surface area contributed by atoms with Crippen molar-refractivity contribution in [2.24, 2.45) is 0 Å². The summed E-state index contributed by atoms with van der Waals surface area (Å²) in [7, 11) is -2.95. The van der Waals surface area contributed by atoms with E-state index in [2.05, 4.69) is 34.5 Å². The Morgan fingerprint density at radius 1 is 1.24 bits per heavy atom. The first-order valence-corrected chi connectivity index (χ1v) is 9.25. The lowest BCUT2D eigenvalue weighted by Gasteiger charge is -2.18. The minimum absolute atomic E-state index is 0.00549. The van der Waals surface area contributed by atoms with Crippen molar-refractivity contribution in [3.05, 3.63) is 47.4 Å². The minimum Gasteiger partial charge on any atom is -0.305 e. The van der Waals surface area contributed by atoms with E-state index in [-0.39, 0.29) is 11.8 Å². The van der Waals surface area contributed by atoms with E-state index < -0.39 is 9.84 Å². The van der Waals surface area contributed by atoms with E-state index >= 15 is 0 Å². The first-order valence-electron chi connectivity index (χ1n) is 7.54. The van der Waals surface area contributed by atoms with Crippen molar-refractivity contribution in [1.82, 2.24) is 10.2 Å². The Balaban J connectivity index is 1.43. The van der Waals surface area contributed by atoms with E-state index in [1.54, 1.807) is 6.08 Å². The summed E-state index contributed by atoms with van der Waals surface area (Å²) in [5, 5.41) is 4.79. The highest BCUT2D eigenvalue weighted by Gasteiger charge is 2.27. The highest BCUT2D eigenvalue weighted by atomic mass is 32.2. The third-order valence-corrected chi connectivity index (χ3v) is 5.61. The molecule has 1 N–H and O–H groups in total. The molecule has 21 heavy (non-hydrogen) atoms. The molecule has 1 aromatic rings. The van der Waals surface area contributed by atoms with E-state index in [0.717, 1.165) is 32.5 Å². The number of likely N-dealkylation sites (tertiary alicyclic amines) is 1. The average molecular weight is 306 g/mol. The summed E-state index contributed by atoms with van der Waals surface area (Å²) >= 11 is 0. The van der Waals surface area contributed by atoms with Gasteiger partial charge in [-0.1, -0.05) is 36.4 Å². The molecule has 1 saturated heterocycles. The Hall–Kier alpha value is -1.17. The average Bonchev–Trinajstić information content (AvgIpc) is 3.04. The van der Waals surface area contributed by atoms with Gasteiger partial charge in [0.05, 0.1) is 5.75 Å². The number of rotatable bonds is 5. The van der Waals surface area contributed by atoms with Gasteiger partial charge in [0.2, 0.25) is 0 Å². The lowest BCUT2D eigenvalue weighted by molar-refractivity contribution is 0.330. The van der Waals surface area contributed by atoms with Crippen molar-refractivity contribution in [2.45, 2.75) is 24.9 Å². The van der Waals surface area contributed by atoms with Crippen LogP contribution < -0.4 is 5.32 Å². The van der Waals surface area contributed by atoms with Crippen LogP contribution in [-0.2, 0) is 16.3 Å². The number of nitrogens with zero attached hydrogens (tertiary/aromatic N) is 1. The standard InChI is InChI=1S/C16H22N2O2S/c19-21(20)11-8-16(13-21)17-15-7-10-18(12-15)9-6-14-4-2-1-3-5-14/h1-5,8,11,15-17H,6-7,9-10,12-13H2. The molecule has 1 fully saturated rings. The molecule has 3 rings (SSSR count). The zero-order valence-electron chi connectivity index (χ0n) is 12.1. The van der Waals surface area contributed by atoms with Crippen LogP contribution in [0, 0.1) is 0 Å². The first-order chi connectivity index (χ1) is 10.1. The molecule has 0 aliphatic carbocycles. The summed E-state index contributed by atoms with van der Waals surface area (Å²) in [6, 6.07) is 10.9. The maximum atomic E-state index is 11.4. The van der Waals surface area contributed by atoms with Gasteiger partial charge < -0.3 is 10.2 Å². The van der Waals surface area contributed by atoms with Gasteiger partial charge in [-0.25, -0.2) is 8.42 Å². The number of hydrogen-bond acceptors (Lipinski definition) is 4. The van der Waals surface area contributed by atoms with Gasteiger partial charge in [0.15, 0.2) is 9.84 Å². The molecule has 4 nitrogen and oxygen atoms in total. The predicted molar refractivity (Wildman–Crippen MR) is 84.8 cm³/mol. The molecular weight excluding hydrogens is 284 g/mol. The molecule has 2 heterocycles. The van der Waals surface area contributed by atoms with Crippen molar-refractivity contribution in [3.63, 3.8) is 0 Å². The predicted octanol–water partition coefficient (Wildman–Crippen LogP) is 1.20. The summed E-state index contributed by atoms with van der Waals surface area (Å²) in [6.07, 6.45) is 3.95. The van der Waals surface area contributed by atoms with Gasteiger partial charge in [0.25, 0.3) is 0 Å². The fourth-order valence-electron chi connectivity index (χ4n) is 3.09. The van der Waals surface area contributed by atoms with Crippen LogP contribution in [-0.4, -0.2) is 50.8 Å². The zero-order chi connectivity index (χ0) is 14.7. The Bertz CT molecular complexity index is 598. The zero-order valence-corrected chi connectivity index (χ0v) is 12.9. The molecule has 0 saturated carbocycles. The number of benzene rings is 1. The van der Waals surface area contributed by atoms with Crippen LogP contribution >= 0.6 is 0 Å². The van der Waals surface area contributed by atoms with E-state index in [0.29, 0.717) is 6.04 Å². The summed E-state index contributed by atoms with van der Waals surface area (Å²) in [6.45, 7) is 3.17. The molecule has 114 valence electrons. The number of nitrogens with one attached hydrogen (secondary N) is 1. The molecule has 5 heteroatoms. The smallest absolute Gasteiger partial charge is 0.173 e. The molecule has 0 bridgehead atoms. The van der Waals surface area contributed by atoms with Crippen LogP contribution in [0.15, 0.2) is 41.8 Å². The molecule has 0 amide bonds. The Kier molecular flexibility index (Phi) is 4.42. The van der Waals surface area contributed by atoms with Crippen molar-refractivity contribution in [2.75, 3.05) is 25.4 Å². The van der Waals surface area contributed by atoms with Crippen LogP contribution in [0.4, 0.5) is 0 Å². The van der Waals surface area contributed by atoms with Gasteiger partial charge >= 0.3 is 0 Å². The molecule has 1 aromatic carbocycles. The highest BCUT2D eigenvalue weighted by molar-refractivity contribution is 7.94. The van der Waals surface area contributed by atoms with Crippen LogP contribution in [0.5, 0.6) is 0 Å². The van der Waals surface area contributed by atoms with Gasteiger partial charge in [-0.05, 0) is 24.9 Å². The van der Waals surface area contributed by atoms with Crippen molar-refractivity contribution in [1.29, 1.82) is 0 Å². The third kappa shape index (κ3) is 4.15. The largest absolute Gasteiger partial charge is 0.305 e. The summed E-state index contributed by atoms with van der Waals surface area (Å²) in [5.74, 6) is 0.216. The van der Waals surface area contributed by atoms with Crippen molar-refractivity contribution >= 4 is 9.84 Å². The lowest BCUT2D eigenvalue weighted by atomic mass is 10.1. The quantitative estimate of drug-likeness (QED) is 0.888. The maximum absolute atomic E-state index is 11.4. The van der Waals surface area contributed by atoms with E-state index in [1.807, 2.05) is 6.07 Å². The van der Waals surface area contributed by atoms with Crippen LogP contribution in [0.3, 0.4) is 0 Å². The molecule has 0 spiro atoms. The van der Waals surface area contributed by atoms with Crippen molar-refractivity contribution in [3.8, 4) is 0 Å². The van der Waals surface area contributed by atoms with Gasteiger partial charge in [-0.15, -0.1) is 0 Å². The fraction of sp³-hybridized carbons (Fsp3) is 0.500. The maximum Gasteiger partial charge on any atom is 0.173 e. The number of sulfone groups is 1. The first kappa shape index (κ1) is 14.8. The van der Waals surface area contributed by atoms with E-state index in [1.165, 1.54) is 11.0 Å². The van der Waals surface area contributed by atoms with Crippen molar-refractivity contribution < 1.29 is 8.42 Å². The molecular formula is C16H22N2O2S. The molecule has 2 unspecified atom stereocenters. The van der Waals surface area contributed by atoms with Gasteiger partial charge in [0.1, 0.15) is 0 Å². The Morgan fingerprint density at radius 2 is 2.05 bits per heavy atom. The molecule has 0 radical (unpaired) electrons. The normalized spacial score (nSPS) is 28.2. The summed E-state index contributed by atoms with van der Waals surface area (Å²) in [4.78, 5) is 2.46. The SMILES string of the molecule is O=S1(=O)C=CC(NC2CCN(CCc3ccccc3)C2)C1. The van der Waals surface area contributed by atoms with Gasteiger partial charge in [-0.2, -0.15) is 0 Å². The monoisotopic (exact) mass is 306 g/mol. The van der Waals surface area contributed by atoms with Gasteiger partial charge in [-0.3, -0.25) is 0 Å². The van der Waals surface area contributed by atoms with E-state index in [4.69, 9.17) is 0 Å². The summed E-state index contributed by atoms with van der Waals surface area (Å²) in [5.41, 5.74) is 1.37. The molecule has 2 aliphatic heterocycles. The minimum atomic E-state index is -2.95. The molecule has 2 aliphatic rings. The third-order valence-electron chi connectivity index (χ3n) is 4.21. The second-order valence-corrected chi connectivity index (χ2v) is 7.88. The second-order valence-electron chi connectivity index (χ2n) is 5.95. The second kappa shape index (κ2) is 6.30. The van der Waals surface area contributed by atoms with Crippen LogP contribution in [0.1, 0.15) is 12.0 Å². The van der Waals surface area contributed by atoms with Crippen LogP contribution in [0.2, 0.25) is 0 Å². The topological polar surface area (TPSA) is 49.4 Å². The summed E-state index contributed by atoms with van der Waals surface area (Å²) < 4.78 is 22.8. The van der Waals surface area contributed by atoms with Gasteiger partial charge in [0, 0.05) is 30.6 Å². The molecule has 0 aromatic heterocycles. The van der Waals surface area contributed by atoms with E-state index in [9.17, 15) is 8.42 Å². The Morgan fingerprint density at radius 3 is 2.76 bits per heavy atom. The fourth-order valence-corrected chi connectivity index (χ4v) is 4.33. The highest BCUT2D eigenvalue weighted by Crippen LogP contribution is 2.14.